The second-order valence-electron chi connectivity index (χ2n) is 6.15. The van der Waals surface area contributed by atoms with Gasteiger partial charge in [-0.2, -0.15) is 0 Å². The molecule has 1 aliphatic heterocycles. The molecule has 0 amide bonds. The molecule has 29 heavy (non-hydrogen) atoms. The minimum absolute atomic E-state index is 0.0380. The molecular formula is C19H17Cl2NO7. The Morgan fingerprint density at radius 3 is 2.83 bits per heavy atom. The fourth-order valence-corrected chi connectivity index (χ4v) is 3.18. The number of ether oxygens (including phenoxy) is 4. The van der Waals surface area contributed by atoms with Crippen LogP contribution in [-0.2, 0) is 27.5 Å². The number of carbonyl (C=O) groups is 1. The van der Waals surface area contributed by atoms with Crippen molar-refractivity contribution >= 4 is 34.9 Å². The van der Waals surface area contributed by atoms with Crippen molar-refractivity contribution in [3.05, 3.63) is 61.6 Å². The van der Waals surface area contributed by atoms with Crippen LogP contribution in [0.3, 0.4) is 0 Å². The first-order chi connectivity index (χ1) is 13.9. The molecule has 0 spiro atoms. The van der Waals surface area contributed by atoms with E-state index >= 15 is 0 Å². The maximum Gasteiger partial charge on any atom is 0.306 e. The molecule has 0 fully saturated rings. The zero-order valence-corrected chi connectivity index (χ0v) is 16.7. The number of nitrogens with zero attached hydrogens (tertiary/aromatic N) is 1. The van der Waals surface area contributed by atoms with E-state index in [2.05, 4.69) is 0 Å². The maximum absolute atomic E-state index is 12.0. The number of non-ortho nitro benzene ring substituents is 1. The van der Waals surface area contributed by atoms with Crippen LogP contribution in [0.4, 0.5) is 5.69 Å². The van der Waals surface area contributed by atoms with Gasteiger partial charge in [0.15, 0.2) is 6.79 Å². The molecule has 0 atom stereocenters. The largest absolute Gasteiger partial charge is 0.492 e. The van der Waals surface area contributed by atoms with Gasteiger partial charge in [0, 0.05) is 34.7 Å². The summed E-state index contributed by atoms with van der Waals surface area (Å²) in [4.78, 5) is 22.6. The third kappa shape index (κ3) is 5.72. The molecule has 8 nitrogen and oxygen atoms in total. The van der Waals surface area contributed by atoms with Crippen LogP contribution in [0.1, 0.15) is 24.0 Å². The summed E-state index contributed by atoms with van der Waals surface area (Å²) >= 11 is 11.8. The molecule has 3 rings (SSSR count). The van der Waals surface area contributed by atoms with Crippen LogP contribution in [0.15, 0.2) is 30.3 Å². The van der Waals surface area contributed by atoms with E-state index < -0.39 is 10.9 Å². The molecular weight excluding hydrogens is 425 g/mol. The highest BCUT2D eigenvalue weighted by Crippen LogP contribution is 2.33. The number of hydrogen-bond donors (Lipinski definition) is 0. The van der Waals surface area contributed by atoms with Gasteiger partial charge in [0.05, 0.1) is 23.2 Å². The van der Waals surface area contributed by atoms with E-state index in [1.54, 1.807) is 18.2 Å². The van der Waals surface area contributed by atoms with E-state index in [9.17, 15) is 14.9 Å². The van der Waals surface area contributed by atoms with Crippen LogP contribution in [0.5, 0.6) is 11.5 Å². The SMILES string of the molecule is O=C(CCCOc1ccc(Cl)cc1Cl)OCc1cc([N+](=O)[O-])cc2c1OCOC2. The molecule has 0 bridgehead atoms. The first-order valence-electron chi connectivity index (χ1n) is 8.68. The van der Waals surface area contributed by atoms with E-state index in [1.807, 2.05) is 0 Å². The van der Waals surface area contributed by atoms with Gasteiger partial charge in [0.2, 0.25) is 0 Å². The minimum atomic E-state index is -0.514. The van der Waals surface area contributed by atoms with Gasteiger partial charge in [0.25, 0.3) is 5.69 Å². The smallest absolute Gasteiger partial charge is 0.306 e. The quantitative estimate of drug-likeness (QED) is 0.254. The lowest BCUT2D eigenvalue weighted by Gasteiger charge is -2.20. The summed E-state index contributed by atoms with van der Waals surface area (Å²) in [5.74, 6) is 0.477. The molecule has 0 saturated carbocycles. The van der Waals surface area contributed by atoms with Gasteiger partial charge in [-0.25, -0.2) is 0 Å². The van der Waals surface area contributed by atoms with Gasteiger partial charge in [-0.1, -0.05) is 23.2 Å². The van der Waals surface area contributed by atoms with Crippen molar-refractivity contribution < 1.29 is 28.7 Å². The number of benzene rings is 2. The summed E-state index contributed by atoms with van der Waals surface area (Å²) in [5, 5.41) is 12.0. The Morgan fingerprint density at radius 1 is 1.24 bits per heavy atom. The molecule has 1 heterocycles. The molecule has 154 valence electrons. The number of esters is 1. The van der Waals surface area contributed by atoms with Gasteiger partial charge in [-0.3, -0.25) is 14.9 Å². The van der Waals surface area contributed by atoms with Crippen molar-refractivity contribution in [1.29, 1.82) is 0 Å². The van der Waals surface area contributed by atoms with Crippen molar-refractivity contribution in [2.75, 3.05) is 13.4 Å². The average molecular weight is 442 g/mol. The van der Waals surface area contributed by atoms with Gasteiger partial charge in [-0.15, -0.1) is 0 Å². The van der Waals surface area contributed by atoms with E-state index in [0.717, 1.165) is 0 Å². The van der Waals surface area contributed by atoms with Crippen molar-refractivity contribution in [2.45, 2.75) is 26.1 Å². The summed E-state index contributed by atoms with van der Waals surface area (Å²) in [7, 11) is 0. The first-order valence-corrected chi connectivity index (χ1v) is 9.44. The highest BCUT2D eigenvalue weighted by Gasteiger charge is 2.21. The molecule has 1 aliphatic rings. The van der Waals surface area contributed by atoms with E-state index in [0.29, 0.717) is 39.1 Å². The number of rotatable bonds is 8. The highest BCUT2D eigenvalue weighted by molar-refractivity contribution is 6.35. The Kier molecular flexibility index (Phi) is 7.13. The molecule has 2 aromatic carbocycles. The highest BCUT2D eigenvalue weighted by atomic mass is 35.5. The Balaban J connectivity index is 1.50. The minimum Gasteiger partial charge on any atom is -0.492 e. The Hall–Kier alpha value is -2.55. The molecule has 10 heteroatoms. The van der Waals surface area contributed by atoms with E-state index in [4.69, 9.17) is 42.1 Å². The summed E-state index contributed by atoms with van der Waals surface area (Å²) in [5.41, 5.74) is 0.858. The van der Waals surface area contributed by atoms with Gasteiger partial charge < -0.3 is 18.9 Å². The van der Waals surface area contributed by atoms with Crippen LogP contribution >= 0.6 is 23.2 Å². The van der Waals surface area contributed by atoms with E-state index in [-0.39, 0.29) is 38.7 Å². The average Bonchev–Trinajstić information content (AvgIpc) is 2.70. The summed E-state index contributed by atoms with van der Waals surface area (Å²) in [6.07, 6.45) is 0.529. The molecule has 0 unspecified atom stereocenters. The van der Waals surface area contributed by atoms with Gasteiger partial charge >= 0.3 is 5.97 Å². The molecule has 0 N–H and O–H groups in total. The Labute approximate surface area is 176 Å². The molecule has 0 aromatic heterocycles. The number of fused-ring (bicyclic) bond motifs is 1. The van der Waals surface area contributed by atoms with Crippen molar-refractivity contribution in [3.8, 4) is 11.5 Å². The third-order valence-electron chi connectivity index (χ3n) is 4.05. The van der Waals surface area contributed by atoms with Crippen molar-refractivity contribution in [2.24, 2.45) is 0 Å². The van der Waals surface area contributed by atoms with Gasteiger partial charge in [0.1, 0.15) is 18.1 Å². The predicted molar refractivity (Wildman–Crippen MR) is 104 cm³/mol. The summed E-state index contributed by atoms with van der Waals surface area (Å²) in [6.45, 7) is 0.370. The first kappa shape index (κ1) is 21.2. The lowest BCUT2D eigenvalue weighted by Crippen LogP contribution is -2.15. The zero-order chi connectivity index (χ0) is 20.8. The summed E-state index contributed by atoms with van der Waals surface area (Å²) in [6, 6.07) is 7.60. The van der Waals surface area contributed by atoms with Crippen LogP contribution in [0.2, 0.25) is 10.0 Å². The predicted octanol–water partition coefficient (Wildman–Crippen LogP) is 4.67. The number of carbonyl (C=O) groups excluding carboxylic acids is 1. The number of nitro benzene ring substituents is 1. The van der Waals surface area contributed by atoms with Crippen LogP contribution < -0.4 is 9.47 Å². The van der Waals surface area contributed by atoms with Crippen LogP contribution in [0, 0.1) is 10.1 Å². The van der Waals surface area contributed by atoms with Crippen molar-refractivity contribution in [1.82, 2.24) is 0 Å². The van der Waals surface area contributed by atoms with E-state index in [1.165, 1.54) is 12.1 Å². The Morgan fingerprint density at radius 2 is 2.07 bits per heavy atom. The Bertz CT molecular complexity index is 920. The zero-order valence-electron chi connectivity index (χ0n) is 15.2. The fraction of sp³-hybridized carbons (Fsp3) is 0.316. The monoisotopic (exact) mass is 441 g/mol. The maximum atomic E-state index is 12.0. The number of hydrogen-bond acceptors (Lipinski definition) is 7. The molecule has 0 radical (unpaired) electrons. The normalized spacial score (nSPS) is 12.6. The molecule has 0 saturated heterocycles. The second-order valence-corrected chi connectivity index (χ2v) is 6.99. The fourth-order valence-electron chi connectivity index (χ4n) is 2.71. The second kappa shape index (κ2) is 9.78. The number of halogens is 2. The standard InChI is InChI=1S/C19H17Cl2NO7/c20-14-3-4-17(16(21)8-14)27-5-1-2-18(23)28-10-13-7-15(22(24)25)6-12-9-26-11-29-19(12)13/h3-4,6-8H,1-2,5,9-11H2. The third-order valence-corrected chi connectivity index (χ3v) is 4.58. The number of nitro groups is 1. The van der Waals surface area contributed by atoms with Crippen molar-refractivity contribution in [3.63, 3.8) is 0 Å². The lowest BCUT2D eigenvalue weighted by atomic mass is 10.1. The van der Waals surface area contributed by atoms with Crippen LogP contribution in [-0.4, -0.2) is 24.3 Å². The van der Waals surface area contributed by atoms with Crippen LogP contribution in [0.25, 0.3) is 0 Å². The topological polar surface area (TPSA) is 97.1 Å². The molecule has 0 aliphatic carbocycles. The summed E-state index contributed by atoms with van der Waals surface area (Å²) < 4.78 is 21.3. The van der Waals surface area contributed by atoms with Gasteiger partial charge in [-0.05, 0) is 24.6 Å². The lowest BCUT2D eigenvalue weighted by molar-refractivity contribution is -0.385. The molecule has 2 aromatic rings.